The lowest BCUT2D eigenvalue weighted by Gasteiger charge is -2.10. The summed E-state index contributed by atoms with van der Waals surface area (Å²) >= 11 is 0. The minimum atomic E-state index is -0.160. The molecule has 0 saturated heterocycles. The van der Waals surface area contributed by atoms with Crippen molar-refractivity contribution < 1.29 is 18.8 Å². The Morgan fingerprint density at radius 2 is 1.96 bits per heavy atom. The molecule has 0 fully saturated rings. The first-order chi connectivity index (χ1) is 12.2. The maximum absolute atomic E-state index is 12.4. The molecule has 2 aromatic rings. The van der Waals surface area contributed by atoms with Crippen molar-refractivity contribution in [3.8, 4) is 11.5 Å². The first kappa shape index (κ1) is 17.3. The average molecular weight is 344 g/mol. The van der Waals surface area contributed by atoms with Crippen molar-refractivity contribution in [1.82, 2.24) is 10.5 Å². The number of amides is 1. The van der Waals surface area contributed by atoms with E-state index >= 15 is 0 Å². The van der Waals surface area contributed by atoms with Crippen molar-refractivity contribution in [1.29, 1.82) is 0 Å². The molecule has 25 heavy (non-hydrogen) atoms. The highest BCUT2D eigenvalue weighted by molar-refractivity contribution is 5.93. The van der Waals surface area contributed by atoms with Crippen LogP contribution in [0.15, 0.2) is 22.7 Å². The first-order valence-electron chi connectivity index (χ1n) is 8.69. The third-order valence-electron chi connectivity index (χ3n) is 4.56. The molecule has 0 aliphatic heterocycles. The monoisotopic (exact) mass is 344 g/mol. The summed E-state index contributed by atoms with van der Waals surface area (Å²) in [7, 11) is 3.22. The van der Waals surface area contributed by atoms with Crippen molar-refractivity contribution in [2.24, 2.45) is 0 Å². The summed E-state index contributed by atoms with van der Waals surface area (Å²) in [6.45, 7) is 0.524. The van der Waals surface area contributed by atoms with Crippen LogP contribution in [0.5, 0.6) is 11.5 Å². The largest absolute Gasteiger partial charge is 0.493 e. The summed E-state index contributed by atoms with van der Waals surface area (Å²) in [6, 6.07) is 5.76. The van der Waals surface area contributed by atoms with Gasteiger partial charge in [-0.15, -0.1) is 0 Å². The minimum absolute atomic E-state index is 0.160. The van der Waals surface area contributed by atoms with Crippen LogP contribution in [0, 0.1) is 0 Å². The fourth-order valence-corrected chi connectivity index (χ4v) is 3.18. The number of methoxy groups -OCH3 is 2. The van der Waals surface area contributed by atoms with Crippen LogP contribution >= 0.6 is 0 Å². The molecule has 1 aliphatic carbocycles. The molecule has 1 aromatic carbocycles. The first-order valence-corrected chi connectivity index (χ1v) is 8.69. The van der Waals surface area contributed by atoms with E-state index in [2.05, 4.69) is 10.5 Å². The van der Waals surface area contributed by atoms with Crippen molar-refractivity contribution >= 4 is 5.91 Å². The number of hydrogen-bond donors (Lipinski definition) is 1. The molecule has 1 aromatic heterocycles. The number of ether oxygens (including phenoxy) is 2. The smallest absolute Gasteiger partial charge is 0.273 e. The fraction of sp³-hybridized carbons (Fsp3) is 0.474. The van der Waals surface area contributed by atoms with Crippen LogP contribution in [0.4, 0.5) is 0 Å². The van der Waals surface area contributed by atoms with E-state index in [9.17, 15) is 4.79 Å². The second-order valence-corrected chi connectivity index (χ2v) is 6.19. The van der Waals surface area contributed by atoms with Crippen LogP contribution in [0.1, 0.15) is 46.6 Å². The van der Waals surface area contributed by atoms with Gasteiger partial charge in [0.15, 0.2) is 17.2 Å². The van der Waals surface area contributed by atoms with Gasteiger partial charge in [-0.3, -0.25) is 4.79 Å². The molecule has 0 bridgehead atoms. The van der Waals surface area contributed by atoms with E-state index in [0.29, 0.717) is 30.2 Å². The maximum atomic E-state index is 12.4. The Labute approximate surface area is 147 Å². The number of benzene rings is 1. The van der Waals surface area contributed by atoms with Crippen LogP contribution < -0.4 is 14.8 Å². The molecule has 0 spiro atoms. The molecular formula is C19H24N2O4. The van der Waals surface area contributed by atoms with Gasteiger partial charge in [0, 0.05) is 18.5 Å². The predicted octanol–water partition coefficient (Wildman–Crippen LogP) is 2.93. The molecule has 0 atom stereocenters. The number of nitrogens with zero attached hydrogens (tertiary/aromatic N) is 1. The number of carbonyl (C=O) groups excluding carboxylic acids is 1. The van der Waals surface area contributed by atoms with Gasteiger partial charge in [0.05, 0.1) is 14.2 Å². The van der Waals surface area contributed by atoms with Gasteiger partial charge in [0.2, 0.25) is 0 Å². The third kappa shape index (κ3) is 3.95. The molecule has 1 heterocycles. The fourth-order valence-electron chi connectivity index (χ4n) is 3.18. The quantitative estimate of drug-likeness (QED) is 0.816. The molecule has 0 unspecified atom stereocenters. The molecule has 6 nitrogen and oxygen atoms in total. The summed E-state index contributed by atoms with van der Waals surface area (Å²) in [5, 5.41) is 6.93. The predicted molar refractivity (Wildman–Crippen MR) is 93.3 cm³/mol. The Morgan fingerprint density at radius 3 is 2.76 bits per heavy atom. The normalized spacial score (nSPS) is 13.7. The highest BCUT2D eigenvalue weighted by Gasteiger charge is 2.22. The minimum Gasteiger partial charge on any atom is -0.493 e. The van der Waals surface area contributed by atoms with Crippen molar-refractivity contribution in [3.05, 3.63) is 40.8 Å². The standard InChI is InChI=1S/C19H24N2O4/c1-23-16-9-8-13(12-17(16)24-2)10-11-20-19(22)18-14-6-4-3-5-7-15(14)25-21-18/h8-9,12H,3-7,10-11H2,1-2H3,(H,20,22). The van der Waals surface area contributed by atoms with E-state index in [1.54, 1.807) is 14.2 Å². The lowest BCUT2D eigenvalue weighted by molar-refractivity contribution is 0.0944. The third-order valence-corrected chi connectivity index (χ3v) is 4.56. The van der Waals surface area contributed by atoms with Crippen LogP contribution in [0.2, 0.25) is 0 Å². The second kappa shape index (κ2) is 8.05. The number of aromatic nitrogens is 1. The summed E-state index contributed by atoms with van der Waals surface area (Å²) in [5.41, 5.74) is 2.50. The number of aryl methyl sites for hydroxylation is 1. The molecule has 0 saturated carbocycles. The van der Waals surface area contributed by atoms with Crippen molar-refractivity contribution in [2.45, 2.75) is 38.5 Å². The molecule has 134 valence electrons. The van der Waals surface area contributed by atoms with Crippen LogP contribution in [0.25, 0.3) is 0 Å². The van der Waals surface area contributed by atoms with Gasteiger partial charge in [-0.2, -0.15) is 0 Å². The van der Waals surface area contributed by atoms with Crippen LogP contribution in [-0.4, -0.2) is 31.8 Å². The van der Waals surface area contributed by atoms with Gasteiger partial charge in [-0.25, -0.2) is 0 Å². The molecule has 1 N–H and O–H groups in total. The van der Waals surface area contributed by atoms with Crippen LogP contribution in [0.3, 0.4) is 0 Å². The van der Waals surface area contributed by atoms with E-state index in [0.717, 1.165) is 42.6 Å². The molecule has 1 aliphatic rings. The van der Waals surface area contributed by atoms with E-state index < -0.39 is 0 Å². The maximum Gasteiger partial charge on any atom is 0.273 e. The van der Waals surface area contributed by atoms with Crippen molar-refractivity contribution in [3.63, 3.8) is 0 Å². The summed E-state index contributed by atoms with van der Waals surface area (Å²) in [6.07, 6.45) is 5.80. The highest BCUT2D eigenvalue weighted by atomic mass is 16.5. The Kier molecular flexibility index (Phi) is 5.58. The Morgan fingerprint density at radius 1 is 1.16 bits per heavy atom. The van der Waals surface area contributed by atoms with Gasteiger partial charge in [0.1, 0.15) is 5.76 Å². The molecule has 0 radical (unpaired) electrons. The van der Waals surface area contributed by atoms with E-state index in [4.69, 9.17) is 14.0 Å². The summed E-state index contributed by atoms with van der Waals surface area (Å²) in [4.78, 5) is 12.4. The van der Waals surface area contributed by atoms with E-state index in [-0.39, 0.29) is 5.91 Å². The van der Waals surface area contributed by atoms with Crippen LogP contribution in [-0.2, 0) is 19.3 Å². The Bertz CT molecular complexity index is 739. The highest BCUT2D eigenvalue weighted by Crippen LogP contribution is 2.27. The SMILES string of the molecule is COc1ccc(CCNC(=O)c2noc3c2CCCCC3)cc1OC. The number of fused-ring (bicyclic) bond motifs is 1. The summed E-state index contributed by atoms with van der Waals surface area (Å²) in [5.74, 6) is 2.10. The zero-order chi connectivity index (χ0) is 17.6. The zero-order valence-electron chi connectivity index (χ0n) is 14.8. The lowest BCUT2D eigenvalue weighted by atomic mass is 10.1. The Hall–Kier alpha value is -2.50. The van der Waals surface area contributed by atoms with Crippen molar-refractivity contribution in [2.75, 3.05) is 20.8 Å². The number of rotatable bonds is 6. The van der Waals surface area contributed by atoms with Gasteiger partial charge in [-0.05, 0) is 43.4 Å². The van der Waals surface area contributed by atoms with Gasteiger partial charge >= 0.3 is 0 Å². The van der Waals surface area contributed by atoms with E-state index in [1.807, 2.05) is 18.2 Å². The molecule has 1 amide bonds. The molecule has 3 rings (SSSR count). The number of nitrogens with one attached hydrogen (secondary N) is 1. The lowest BCUT2D eigenvalue weighted by Crippen LogP contribution is -2.27. The zero-order valence-corrected chi connectivity index (χ0v) is 14.8. The summed E-state index contributed by atoms with van der Waals surface area (Å²) < 4.78 is 15.9. The van der Waals surface area contributed by atoms with E-state index in [1.165, 1.54) is 6.42 Å². The van der Waals surface area contributed by atoms with Gasteiger partial charge in [-0.1, -0.05) is 17.6 Å². The Balaban J connectivity index is 1.59. The van der Waals surface area contributed by atoms with Gasteiger partial charge in [0.25, 0.3) is 5.91 Å². The number of hydrogen-bond acceptors (Lipinski definition) is 5. The number of carbonyl (C=O) groups is 1. The average Bonchev–Trinajstić information content (AvgIpc) is 2.90. The molecule has 6 heteroatoms. The second-order valence-electron chi connectivity index (χ2n) is 6.19. The topological polar surface area (TPSA) is 73.6 Å². The van der Waals surface area contributed by atoms with Gasteiger partial charge < -0.3 is 19.3 Å². The molecular weight excluding hydrogens is 320 g/mol.